The van der Waals surface area contributed by atoms with Crippen LogP contribution >= 0.6 is 0 Å². The standard InChI is InChI=1S/C10H18N4O4S2/c1-10(2,19(3,15)16)7-13-20(17,18)8-4-5-12-9(6-8)14-11/h4-6,13H,7,11H2,1-3H3,(H,12,14). The van der Waals surface area contributed by atoms with Crippen molar-refractivity contribution in [3.63, 3.8) is 0 Å². The second kappa shape index (κ2) is 5.64. The Morgan fingerprint density at radius 3 is 2.40 bits per heavy atom. The lowest BCUT2D eigenvalue weighted by molar-refractivity contribution is 0.537. The van der Waals surface area contributed by atoms with Crippen LogP contribution in [-0.2, 0) is 19.9 Å². The van der Waals surface area contributed by atoms with Crippen LogP contribution in [0.3, 0.4) is 0 Å². The fourth-order valence-corrected chi connectivity index (χ4v) is 2.79. The molecule has 114 valence electrons. The lowest BCUT2D eigenvalue weighted by Gasteiger charge is -2.22. The Kier molecular flexibility index (Phi) is 4.74. The third kappa shape index (κ3) is 3.88. The van der Waals surface area contributed by atoms with E-state index in [2.05, 4.69) is 15.1 Å². The summed E-state index contributed by atoms with van der Waals surface area (Å²) in [5, 5.41) is 0. The summed E-state index contributed by atoms with van der Waals surface area (Å²) in [6, 6.07) is 2.53. The monoisotopic (exact) mass is 322 g/mol. The van der Waals surface area contributed by atoms with Crippen molar-refractivity contribution < 1.29 is 16.8 Å². The van der Waals surface area contributed by atoms with Gasteiger partial charge >= 0.3 is 0 Å². The SMILES string of the molecule is CC(C)(CNS(=O)(=O)c1ccnc(NN)c1)S(C)(=O)=O. The zero-order valence-electron chi connectivity index (χ0n) is 11.4. The highest BCUT2D eigenvalue weighted by Crippen LogP contribution is 2.16. The number of anilines is 1. The van der Waals surface area contributed by atoms with E-state index in [1.54, 1.807) is 0 Å². The molecule has 0 saturated heterocycles. The molecule has 1 aromatic heterocycles. The van der Waals surface area contributed by atoms with Crippen molar-refractivity contribution in [2.24, 2.45) is 5.84 Å². The topological polar surface area (TPSA) is 131 Å². The molecule has 1 rings (SSSR count). The van der Waals surface area contributed by atoms with Gasteiger partial charge in [0.05, 0.1) is 9.64 Å². The highest BCUT2D eigenvalue weighted by molar-refractivity contribution is 7.92. The lowest BCUT2D eigenvalue weighted by Crippen LogP contribution is -2.43. The van der Waals surface area contributed by atoms with Crippen molar-refractivity contribution in [3.05, 3.63) is 18.3 Å². The number of nitrogens with two attached hydrogens (primary N) is 1. The number of aromatic nitrogens is 1. The third-order valence-corrected chi connectivity index (χ3v) is 6.43. The molecular formula is C10H18N4O4S2. The summed E-state index contributed by atoms with van der Waals surface area (Å²) in [7, 11) is -7.23. The Balaban J connectivity index is 2.96. The lowest BCUT2D eigenvalue weighted by atomic mass is 10.2. The predicted octanol–water partition coefficient (Wildman–Crippen LogP) is -0.531. The summed E-state index contributed by atoms with van der Waals surface area (Å²) < 4.78 is 48.3. The van der Waals surface area contributed by atoms with Gasteiger partial charge in [-0.1, -0.05) is 0 Å². The molecule has 0 amide bonds. The molecule has 0 atom stereocenters. The van der Waals surface area contributed by atoms with E-state index in [9.17, 15) is 16.8 Å². The second-order valence-corrected chi connectivity index (χ2v) is 9.29. The first kappa shape index (κ1) is 16.8. The number of rotatable bonds is 6. The van der Waals surface area contributed by atoms with Crippen molar-refractivity contribution in [1.29, 1.82) is 0 Å². The van der Waals surface area contributed by atoms with Crippen LogP contribution in [0.15, 0.2) is 23.2 Å². The minimum atomic E-state index is -3.84. The van der Waals surface area contributed by atoms with Crippen LogP contribution in [-0.4, -0.2) is 39.4 Å². The average molecular weight is 322 g/mol. The fourth-order valence-electron chi connectivity index (χ4n) is 1.14. The maximum atomic E-state index is 12.1. The summed E-state index contributed by atoms with van der Waals surface area (Å²) in [4.78, 5) is 3.74. The number of sulfonamides is 1. The number of pyridine rings is 1. The van der Waals surface area contributed by atoms with Crippen LogP contribution in [0.25, 0.3) is 0 Å². The molecule has 8 nitrogen and oxygen atoms in total. The van der Waals surface area contributed by atoms with Crippen LogP contribution in [0.4, 0.5) is 5.82 Å². The zero-order chi connectivity index (χ0) is 15.6. The number of hydrazine groups is 1. The van der Waals surface area contributed by atoms with E-state index in [4.69, 9.17) is 5.84 Å². The largest absolute Gasteiger partial charge is 0.308 e. The molecule has 0 fully saturated rings. The molecule has 1 heterocycles. The second-order valence-electron chi connectivity index (χ2n) is 4.88. The van der Waals surface area contributed by atoms with Gasteiger partial charge in [0, 0.05) is 25.1 Å². The van der Waals surface area contributed by atoms with Gasteiger partial charge in [0.1, 0.15) is 5.82 Å². The molecular weight excluding hydrogens is 304 g/mol. The number of nitrogen functional groups attached to an aromatic ring is 1. The van der Waals surface area contributed by atoms with Gasteiger partial charge in [0.15, 0.2) is 9.84 Å². The minimum Gasteiger partial charge on any atom is -0.308 e. The Bertz CT molecular complexity index is 683. The van der Waals surface area contributed by atoms with Gasteiger partial charge in [0.2, 0.25) is 10.0 Å². The molecule has 10 heteroatoms. The highest BCUT2D eigenvalue weighted by atomic mass is 32.2. The first-order chi connectivity index (χ1) is 8.99. The molecule has 0 unspecified atom stereocenters. The Morgan fingerprint density at radius 1 is 1.30 bits per heavy atom. The van der Waals surface area contributed by atoms with Gasteiger partial charge in [-0.3, -0.25) is 0 Å². The maximum absolute atomic E-state index is 12.1. The number of sulfone groups is 1. The summed E-state index contributed by atoms with van der Waals surface area (Å²) >= 11 is 0. The number of nitrogens with one attached hydrogen (secondary N) is 2. The molecule has 0 aromatic carbocycles. The molecule has 1 aromatic rings. The Morgan fingerprint density at radius 2 is 1.90 bits per heavy atom. The van der Waals surface area contributed by atoms with Gasteiger partial charge in [-0.05, 0) is 19.9 Å². The van der Waals surface area contributed by atoms with Crippen LogP contribution in [0, 0.1) is 0 Å². The quantitative estimate of drug-likeness (QED) is 0.474. The highest BCUT2D eigenvalue weighted by Gasteiger charge is 2.31. The molecule has 0 aliphatic carbocycles. The molecule has 0 saturated carbocycles. The first-order valence-electron chi connectivity index (χ1n) is 5.61. The van der Waals surface area contributed by atoms with Crippen molar-refractivity contribution in [2.45, 2.75) is 23.5 Å². The third-order valence-electron chi connectivity index (χ3n) is 2.88. The summed E-state index contributed by atoms with van der Waals surface area (Å²) in [6.45, 7) is 2.66. The van der Waals surface area contributed by atoms with Crippen LogP contribution in [0.2, 0.25) is 0 Å². The Labute approximate surface area is 118 Å². The normalized spacial score (nSPS) is 13.2. The number of hydrogen-bond acceptors (Lipinski definition) is 7. The van der Waals surface area contributed by atoms with Gasteiger partial charge < -0.3 is 5.43 Å². The minimum absolute atomic E-state index is 0.0512. The van der Waals surface area contributed by atoms with Gasteiger partial charge in [-0.2, -0.15) is 0 Å². The first-order valence-corrected chi connectivity index (χ1v) is 8.99. The van der Waals surface area contributed by atoms with Crippen molar-refractivity contribution in [1.82, 2.24) is 9.71 Å². The number of nitrogens with zero attached hydrogens (tertiary/aromatic N) is 1. The fraction of sp³-hybridized carbons (Fsp3) is 0.500. The van der Waals surface area contributed by atoms with E-state index in [0.717, 1.165) is 6.26 Å². The van der Waals surface area contributed by atoms with Crippen LogP contribution in [0.5, 0.6) is 0 Å². The van der Waals surface area contributed by atoms with E-state index in [1.165, 1.54) is 32.2 Å². The summed E-state index contributed by atoms with van der Waals surface area (Å²) in [5.74, 6) is 5.35. The summed E-state index contributed by atoms with van der Waals surface area (Å²) in [5.41, 5.74) is 2.24. The molecule has 0 radical (unpaired) electrons. The van der Waals surface area contributed by atoms with Crippen LogP contribution in [0.1, 0.15) is 13.8 Å². The summed E-state index contributed by atoms with van der Waals surface area (Å²) in [6.07, 6.45) is 2.34. The van der Waals surface area contributed by atoms with Crippen molar-refractivity contribution in [2.75, 3.05) is 18.2 Å². The van der Waals surface area contributed by atoms with Crippen molar-refractivity contribution in [3.8, 4) is 0 Å². The molecule has 0 bridgehead atoms. The van der Waals surface area contributed by atoms with E-state index in [0.29, 0.717) is 0 Å². The van der Waals surface area contributed by atoms with E-state index in [-0.39, 0.29) is 17.3 Å². The Hall–Kier alpha value is -1.23. The number of hydrogen-bond donors (Lipinski definition) is 3. The van der Waals surface area contributed by atoms with Crippen LogP contribution < -0.4 is 16.0 Å². The molecule has 0 spiro atoms. The van der Waals surface area contributed by atoms with Gasteiger partial charge in [-0.15, -0.1) is 0 Å². The molecule has 20 heavy (non-hydrogen) atoms. The molecule has 0 aliphatic heterocycles. The van der Waals surface area contributed by atoms with E-state index >= 15 is 0 Å². The average Bonchev–Trinajstić information content (AvgIpc) is 2.35. The zero-order valence-corrected chi connectivity index (χ0v) is 13.0. The van der Waals surface area contributed by atoms with Gasteiger partial charge in [-0.25, -0.2) is 32.4 Å². The van der Waals surface area contributed by atoms with E-state index in [1.807, 2.05) is 0 Å². The van der Waals surface area contributed by atoms with Crippen molar-refractivity contribution >= 4 is 25.7 Å². The molecule has 0 aliphatic rings. The van der Waals surface area contributed by atoms with Gasteiger partial charge in [0.25, 0.3) is 0 Å². The smallest absolute Gasteiger partial charge is 0.240 e. The molecule has 4 N–H and O–H groups in total. The van der Waals surface area contributed by atoms with E-state index < -0.39 is 24.6 Å². The maximum Gasteiger partial charge on any atom is 0.240 e. The predicted molar refractivity (Wildman–Crippen MR) is 76.2 cm³/mol.